The van der Waals surface area contributed by atoms with E-state index in [0.717, 1.165) is 17.8 Å². The van der Waals surface area contributed by atoms with E-state index in [9.17, 15) is 4.39 Å². The number of ether oxygens (including phenoxy) is 1. The number of aromatic nitrogens is 1. The minimum atomic E-state index is -0.348. The number of guanidine groups is 1. The molecule has 1 unspecified atom stereocenters. The van der Waals surface area contributed by atoms with Gasteiger partial charge in [0, 0.05) is 18.1 Å². The summed E-state index contributed by atoms with van der Waals surface area (Å²) < 4.78 is 19.4. The fourth-order valence-corrected chi connectivity index (χ4v) is 2.98. The van der Waals surface area contributed by atoms with Gasteiger partial charge < -0.3 is 15.4 Å². The van der Waals surface area contributed by atoms with E-state index >= 15 is 0 Å². The summed E-state index contributed by atoms with van der Waals surface area (Å²) in [4.78, 5) is 9.85. The van der Waals surface area contributed by atoms with Gasteiger partial charge in [-0.15, -0.1) is 35.3 Å². The lowest BCUT2D eigenvalue weighted by Crippen LogP contribution is -2.42. The first-order chi connectivity index (χ1) is 12.2. The van der Waals surface area contributed by atoms with E-state index in [-0.39, 0.29) is 41.6 Å². The number of rotatable bonds is 8. The standard InChI is InChI=1S/C18H25FN4OS.HI/c1-4-13(24-16-9-7-6-8-15(16)19)10-22-18(20-3)23-12-17-21-11-14(5-2)25-17;/h6-9,11,13H,4-5,10,12H2,1-3H3,(H2,20,22,23);1H. The average molecular weight is 492 g/mol. The van der Waals surface area contributed by atoms with Crippen molar-refractivity contribution in [3.8, 4) is 5.75 Å². The van der Waals surface area contributed by atoms with Crippen LogP contribution in [0.4, 0.5) is 4.39 Å². The number of thiazole rings is 1. The Morgan fingerprint density at radius 3 is 2.69 bits per heavy atom. The third-order valence-electron chi connectivity index (χ3n) is 3.66. The second-order valence-corrected chi connectivity index (χ2v) is 6.66. The molecular formula is C18H26FIN4OS. The summed E-state index contributed by atoms with van der Waals surface area (Å²) in [7, 11) is 1.72. The molecule has 2 aromatic rings. The van der Waals surface area contributed by atoms with Gasteiger partial charge in [-0.05, 0) is 25.0 Å². The second kappa shape index (κ2) is 12.1. The summed E-state index contributed by atoms with van der Waals surface area (Å²) in [5, 5.41) is 7.48. The molecule has 0 amide bonds. The molecule has 0 radical (unpaired) electrons. The number of hydrogen-bond acceptors (Lipinski definition) is 4. The third-order valence-corrected chi connectivity index (χ3v) is 4.81. The number of para-hydroxylation sites is 1. The Balaban J connectivity index is 0.00000338. The first-order valence-electron chi connectivity index (χ1n) is 8.45. The third kappa shape index (κ3) is 7.06. The first kappa shape index (κ1) is 22.6. The van der Waals surface area contributed by atoms with Crippen LogP contribution in [0, 0.1) is 5.82 Å². The van der Waals surface area contributed by atoms with Crippen LogP contribution >= 0.6 is 35.3 Å². The van der Waals surface area contributed by atoms with Crippen molar-refractivity contribution in [3.63, 3.8) is 0 Å². The molecule has 5 nitrogen and oxygen atoms in total. The van der Waals surface area contributed by atoms with E-state index in [0.29, 0.717) is 19.0 Å². The quantitative estimate of drug-likeness (QED) is 0.333. The van der Waals surface area contributed by atoms with Gasteiger partial charge in [-0.2, -0.15) is 0 Å². The molecule has 2 N–H and O–H groups in total. The molecule has 0 aliphatic carbocycles. The zero-order valence-corrected chi connectivity index (χ0v) is 18.4. The fraction of sp³-hybridized carbons (Fsp3) is 0.444. The van der Waals surface area contributed by atoms with Gasteiger partial charge in [0.15, 0.2) is 17.5 Å². The largest absolute Gasteiger partial charge is 0.486 e. The summed E-state index contributed by atoms with van der Waals surface area (Å²) in [6.07, 6.45) is 3.51. The van der Waals surface area contributed by atoms with Gasteiger partial charge in [-0.1, -0.05) is 26.0 Å². The number of hydrogen-bond donors (Lipinski definition) is 2. The minimum absolute atomic E-state index is 0. The number of benzene rings is 1. The van der Waals surface area contributed by atoms with Gasteiger partial charge in [0.1, 0.15) is 11.1 Å². The van der Waals surface area contributed by atoms with E-state index in [2.05, 4.69) is 27.5 Å². The zero-order chi connectivity index (χ0) is 18.1. The van der Waals surface area contributed by atoms with E-state index in [1.807, 2.05) is 13.1 Å². The highest BCUT2D eigenvalue weighted by molar-refractivity contribution is 14.0. The Hall–Kier alpha value is -1.42. The maximum absolute atomic E-state index is 13.7. The zero-order valence-electron chi connectivity index (χ0n) is 15.3. The van der Waals surface area contributed by atoms with Gasteiger partial charge in [-0.3, -0.25) is 4.99 Å². The second-order valence-electron chi connectivity index (χ2n) is 5.46. The summed E-state index contributed by atoms with van der Waals surface area (Å²) >= 11 is 1.69. The van der Waals surface area contributed by atoms with Crippen molar-refractivity contribution < 1.29 is 9.13 Å². The summed E-state index contributed by atoms with van der Waals surface area (Å²) in [5.74, 6) is 0.594. The van der Waals surface area contributed by atoms with Gasteiger partial charge >= 0.3 is 0 Å². The van der Waals surface area contributed by atoms with Crippen molar-refractivity contribution in [2.75, 3.05) is 13.6 Å². The highest BCUT2D eigenvalue weighted by atomic mass is 127. The number of aliphatic imine (C=N–C) groups is 1. The van der Waals surface area contributed by atoms with Crippen LogP contribution in [0.3, 0.4) is 0 Å². The highest BCUT2D eigenvalue weighted by Crippen LogP contribution is 2.17. The van der Waals surface area contributed by atoms with Crippen molar-refractivity contribution in [2.24, 2.45) is 4.99 Å². The van der Waals surface area contributed by atoms with Crippen molar-refractivity contribution in [1.29, 1.82) is 0 Å². The first-order valence-corrected chi connectivity index (χ1v) is 9.27. The van der Waals surface area contributed by atoms with E-state index in [4.69, 9.17) is 4.74 Å². The molecule has 1 heterocycles. The Bertz CT molecular complexity index is 695. The molecule has 1 aromatic carbocycles. The van der Waals surface area contributed by atoms with Gasteiger partial charge in [-0.25, -0.2) is 9.37 Å². The molecule has 0 saturated heterocycles. The van der Waals surface area contributed by atoms with E-state index < -0.39 is 0 Å². The number of halogens is 2. The number of nitrogens with one attached hydrogen (secondary N) is 2. The van der Waals surface area contributed by atoms with E-state index in [1.54, 1.807) is 36.6 Å². The molecule has 26 heavy (non-hydrogen) atoms. The molecule has 1 atom stereocenters. The van der Waals surface area contributed by atoms with Crippen molar-refractivity contribution in [3.05, 3.63) is 46.2 Å². The van der Waals surface area contributed by atoms with Crippen molar-refractivity contribution in [2.45, 2.75) is 39.3 Å². The van der Waals surface area contributed by atoms with Crippen LogP contribution in [0.25, 0.3) is 0 Å². The molecule has 2 rings (SSSR count). The molecular weight excluding hydrogens is 466 g/mol. The minimum Gasteiger partial charge on any atom is -0.486 e. The summed E-state index contributed by atoms with van der Waals surface area (Å²) in [6.45, 7) is 5.27. The Morgan fingerprint density at radius 2 is 2.08 bits per heavy atom. The maximum atomic E-state index is 13.7. The van der Waals surface area contributed by atoms with Crippen LogP contribution in [0.5, 0.6) is 5.75 Å². The van der Waals surface area contributed by atoms with Crippen LogP contribution in [-0.2, 0) is 13.0 Å². The van der Waals surface area contributed by atoms with Gasteiger partial charge in [0.25, 0.3) is 0 Å². The van der Waals surface area contributed by atoms with Crippen LogP contribution in [0.1, 0.15) is 30.2 Å². The topological polar surface area (TPSA) is 58.5 Å². The Labute approximate surface area is 175 Å². The lowest BCUT2D eigenvalue weighted by molar-refractivity contribution is 0.191. The molecule has 0 aliphatic heterocycles. The Morgan fingerprint density at radius 1 is 1.31 bits per heavy atom. The van der Waals surface area contributed by atoms with Crippen molar-refractivity contribution in [1.82, 2.24) is 15.6 Å². The molecule has 0 saturated carbocycles. The fourth-order valence-electron chi connectivity index (χ4n) is 2.17. The normalized spacial score (nSPS) is 12.2. The maximum Gasteiger partial charge on any atom is 0.191 e. The molecule has 0 bridgehead atoms. The predicted molar refractivity (Wildman–Crippen MR) is 116 cm³/mol. The lowest BCUT2D eigenvalue weighted by atomic mass is 10.2. The van der Waals surface area contributed by atoms with Crippen LogP contribution in [-0.4, -0.2) is 30.6 Å². The molecule has 0 spiro atoms. The SMILES string of the molecule is CCc1cnc(CNC(=NC)NCC(CC)Oc2ccccc2F)s1.I. The molecule has 8 heteroatoms. The molecule has 1 aromatic heterocycles. The highest BCUT2D eigenvalue weighted by Gasteiger charge is 2.12. The molecule has 0 aliphatic rings. The summed E-state index contributed by atoms with van der Waals surface area (Å²) in [5.41, 5.74) is 0. The lowest BCUT2D eigenvalue weighted by Gasteiger charge is -2.20. The van der Waals surface area contributed by atoms with Gasteiger partial charge in [0.05, 0.1) is 13.1 Å². The van der Waals surface area contributed by atoms with Crippen LogP contribution < -0.4 is 15.4 Å². The average Bonchev–Trinajstić information content (AvgIpc) is 3.10. The van der Waals surface area contributed by atoms with Crippen LogP contribution in [0.2, 0.25) is 0 Å². The molecule has 144 valence electrons. The van der Waals surface area contributed by atoms with Crippen molar-refractivity contribution >= 4 is 41.3 Å². The Kier molecular flexibility index (Phi) is 10.5. The van der Waals surface area contributed by atoms with Gasteiger partial charge in [0.2, 0.25) is 0 Å². The smallest absolute Gasteiger partial charge is 0.191 e. The predicted octanol–water partition coefficient (Wildman–Crippen LogP) is 3.99. The van der Waals surface area contributed by atoms with E-state index in [1.165, 1.54) is 10.9 Å². The molecule has 0 fully saturated rings. The monoisotopic (exact) mass is 492 g/mol. The number of nitrogens with zero attached hydrogens (tertiary/aromatic N) is 2. The summed E-state index contributed by atoms with van der Waals surface area (Å²) in [6, 6.07) is 6.45. The number of aryl methyl sites for hydroxylation is 1. The van der Waals surface area contributed by atoms with Crippen LogP contribution in [0.15, 0.2) is 35.5 Å².